The molecule has 0 fully saturated rings. The summed E-state index contributed by atoms with van der Waals surface area (Å²) < 4.78 is 1.71. The molecular formula is C21H20N4O3. The van der Waals surface area contributed by atoms with E-state index in [0.29, 0.717) is 40.8 Å². The fourth-order valence-corrected chi connectivity index (χ4v) is 3.35. The molecule has 4 rings (SSSR count). The molecule has 2 heterocycles. The first kappa shape index (κ1) is 17.9. The van der Waals surface area contributed by atoms with Crippen LogP contribution in [0.25, 0.3) is 10.9 Å². The van der Waals surface area contributed by atoms with Gasteiger partial charge in [0.15, 0.2) is 0 Å². The SMILES string of the molecule is CCC(=O)Nc1cccc(NC(=O)c2ccc3c(=O)n4c(nc3c2)CCC4)c1. The molecule has 3 aromatic rings. The molecule has 2 aromatic carbocycles. The Labute approximate surface area is 161 Å². The number of aromatic nitrogens is 2. The van der Waals surface area contributed by atoms with Crippen LogP contribution in [0.1, 0.15) is 35.9 Å². The Bertz CT molecular complexity index is 1150. The number of nitrogens with one attached hydrogen (secondary N) is 2. The molecule has 0 spiro atoms. The molecule has 2 amide bonds. The molecule has 1 aromatic heterocycles. The minimum Gasteiger partial charge on any atom is -0.326 e. The molecule has 2 N–H and O–H groups in total. The van der Waals surface area contributed by atoms with Gasteiger partial charge in [-0.15, -0.1) is 0 Å². The lowest BCUT2D eigenvalue weighted by atomic mass is 10.1. The molecule has 0 unspecified atom stereocenters. The van der Waals surface area contributed by atoms with Gasteiger partial charge in [-0.25, -0.2) is 4.98 Å². The summed E-state index contributed by atoms with van der Waals surface area (Å²) >= 11 is 0. The van der Waals surface area contributed by atoms with Gasteiger partial charge >= 0.3 is 0 Å². The van der Waals surface area contributed by atoms with Gasteiger partial charge in [-0.05, 0) is 42.8 Å². The molecule has 0 radical (unpaired) electrons. The van der Waals surface area contributed by atoms with Gasteiger partial charge < -0.3 is 10.6 Å². The van der Waals surface area contributed by atoms with Crippen LogP contribution in [0.2, 0.25) is 0 Å². The van der Waals surface area contributed by atoms with Crippen LogP contribution in [0.5, 0.6) is 0 Å². The number of benzene rings is 2. The van der Waals surface area contributed by atoms with Crippen molar-refractivity contribution in [2.75, 3.05) is 10.6 Å². The summed E-state index contributed by atoms with van der Waals surface area (Å²) in [4.78, 5) is 41.3. The molecule has 0 atom stereocenters. The van der Waals surface area contributed by atoms with Crippen LogP contribution in [-0.4, -0.2) is 21.4 Å². The van der Waals surface area contributed by atoms with Crippen LogP contribution in [0, 0.1) is 0 Å². The van der Waals surface area contributed by atoms with E-state index in [4.69, 9.17) is 0 Å². The van der Waals surface area contributed by atoms with Crippen LogP contribution in [-0.2, 0) is 17.8 Å². The maximum absolute atomic E-state index is 12.7. The number of hydrogen-bond acceptors (Lipinski definition) is 4. The molecule has 0 bridgehead atoms. The van der Waals surface area contributed by atoms with E-state index in [1.807, 2.05) is 0 Å². The highest BCUT2D eigenvalue weighted by atomic mass is 16.2. The number of fused-ring (bicyclic) bond motifs is 2. The van der Waals surface area contributed by atoms with Gasteiger partial charge in [-0.3, -0.25) is 19.0 Å². The topological polar surface area (TPSA) is 93.1 Å². The molecule has 0 aliphatic carbocycles. The standard InChI is InChI=1S/C21H20N4O3/c1-2-19(26)22-14-5-3-6-15(12-14)23-20(27)13-8-9-16-17(11-13)24-18-7-4-10-25(18)21(16)28/h3,5-6,8-9,11-12H,2,4,7,10H2,1H3,(H,22,26)(H,23,27). The van der Waals surface area contributed by atoms with Crippen molar-refractivity contribution in [2.45, 2.75) is 32.7 Å². The monoisotopic (exact) mass is 376 g/mol. The van der Waals surface area contributed by atoms with E-state index in [1.165, 1.54) is 0 Å². The summed E-state index contributed by atoms with van der Waals surface area (Å²) in [5, 5.41) is 6.10. The Hall–Kier alpha value is -3.48. The largest absolute Gasteiger partial charge is 0.326 e. The zero-order valence-electron chi connectivity index (χ0n) is 15.5. The highest BCUT2D eigenvalue weighted by molar-refractivity contribution is 6.06. The number of hydrogen-bond donors (Lipinski definition) is 2. The van der Waals surface area contributed by atoms with Crippen LogP contribution < -0.4 is 16.2 Å². The Morgan fingerprint density at radius 1 is 1.11 bits per heavy atom. The lowest BCUT2D eigenvalue weighted by Crippen LogP contribution is -2.21. The zero-order valence-corrected chi connectivity index (χ0v) is 15.5. The summed E-state index contributed by atoms with van der Waals surface area (Å²) in [7, 11) is 0. The van der Waals surface area contributed by atoms with Gasteiger partial charge in [0.2, 0.25) is 5.91 Å². The number of carbonyl (C=O) groups excluding carboxylic acids is 2. The number of carbonyl (C=O) groups is 2. The average Bonchev–Trinajstić information content (AvgIpc) is 3.16. The van der Waals surface area contributed by atoms with Gasteiger partial charge in [-0.1, -0.05) is 13.0 Å². The molecule has 142 valence electrons. The predicted molar refractivity (Wildman–Crippen MR) is 108 cm³/mol. The average molecular weight is 376 g/mol. The van der Waals surface area contributed by atoms with E-state index >= 15 is 0 Å². The minimum absolute atomic E-state index is 0.0520. The second-order valence-electron chi connectivity index (χ2n) is 6.76. The summed E-state index contributed by atoms with van der Waals surface area (Å²) in [5.41, 5.74) is 2.10. The quantitative estimate of drug-likeness (QED) is 0.732. The lowest BCUT2D eigenvalue weighted by Gasteiger charge is -2.09. The third kappa shape index (κ3) is 3.38. The van der Waals surface area contributed by atoms with Crippen molar-refractivity contribution in [1.82, 2.24) is 9.55 Å². The van der Waals surface area contributed by atoms with E-state index in [-0.39, 0.29) is 17.4 Å². The number of amides is 2. The zero-order chi connectivity index (χ0) is 19.7. The predicted octanol–water partition coefficient (Wildman–Crippen LogP) is 2.94. The molecule has 7 heteroatoms. The third-order valence-corrected chi connectivity index (χ3v) is 4.80. The molecule has 28 heavy (non-hydrogen) atoms. The Morgan fingerprint density at radius 2 is 1.89 bits per heavy atom. The Kier molecular flexibility index (Phi) is 4.65. The van der Waals surface area contributed by atoms with Crippen LogP contribution >= 0.6 is 0 Å². The summed E-state index contributed by atoms with van der Waals surface area (Å²) in [6.07, 6.45) is 2.07. The first-order valence-electron chi connectivity index (χ1n) is 9.30. The molecule has 1 aliphatic rings. The van der Waals surface area contributed by atoms with Gasteiger partial charge in [0.1, 0.15) is 5.82 Å². The van der Waals surface area contributed by atoms with Crippen molar-refractivity contribution >= 4 is 34.1 Å². The molecular weight excluding hydrogens is 356 g/mol. The van der Waals surface area contributed by atoms with E-state index < -0.39 is 0 Å². The smallest absolute Gasteiger partial charge is 0.261 e. The van der Waals surface area contributed by atoms with E-state index in [2.05, 4.69) is 15.6 Å². The van der Waals surface area contributed by atoms with Crippen molar-refractivity contribution in [3.05, 3.63) is 64.2 Å². The Balaban J connectivity index is 1.59. The molecule has 1 aliphatic heterocycles. The maximum Gasteiger partial charge on any atom is 0.261 e. The van der Waals surface area contributed by atoms with E-state index in [1.54, 1.807) is 54.0 Å². The molecule has 0 saturated carbocycles. The minimum atomic E-state index is -0.303. The van der Waals surface area contributed by atoms with E-state index in [0.717, 1.165) is 18.7 Å². The van der Waals surface area contributed by atoms with Crippen molar-refractivity contribution < 1.29 is 9.59 Å². The van der Waals surface area contributed by atoms with E-state index in [9.17, 15) is 14.4 Å². The number of aryl methyl sites for hydroxylation is 1. The van der Waals surface area contributed by atoms with Crippen molar-refractivity contribution in [2.24, 2.45) is 0 Å². The van der Waals surface area contributed by atoms with Gasteiger partial charge in [0.25, 0.3) is 11.5 Å². The van der Waals surface area contributed by atoms with Crippen molar-refractivity contribution in [3.63, 3.8) is 0 Å². The third-order valence-electron chi connectivity index (χ3n) is 4.80. The first-order valence-corrected chi connectivity index (χ1v) is 9.30. The maximum atomic E-state index is 12.7. The molecule has 0 saturated heterocycles. The second-order valence-corrected chi connectivity index (χ2v) is 6.76. The number of nitrogens with zero attached hydrogens (tertiary/aromatic N) is 2. The van der Waals surface area contributed by atoms with Crippen LogP contribution in [0.15, 0.2) is 47.3 Å². The fraction of sp³-hybridized carbons (Fsp3) is 0.238. The highest BCUT2D eigenvalue weighted by Gasteiger charge is 2.17. The number of rotatable bonds is 4. The first-order chi connectivity index (χ1) is 13.5. The Morgan fingerprint density at radius 3 is 2.68 bits per heavy atom. The fourth-order valence-electron chi connectivity index (χ4n) is 3.35. The van der Waals surface area contributed by atoms with Crippen LogP contribution in [0.4, 0.5) is 11.4 Å². The lowest BCUT2D eigenvalue weighted by molar-refractivity contribution is -0.115. The normalized spacial score (nSPS) is 12.6. The number of anilines is 2. The van der Waals surface area contributed by atoms with Crippen LogP contribution in [0.3, 0.4) is 0 Å². The van der Waals surface area contributed by atoms with Gasteiger partial charge in [-0.2, -0.15) is 0 Å². The highest BCUT2D eigenvalue weighted by Crippen LogP contribution is 2.19. The van der Waals surface area contributed by atoms with Crippen molar-refractivity contribution in [1.29, 1.82) is 0 Å². The summed E-state index contributed by atoms with van der Waals surface area (Å²) in [6.45, 7) is 2.47. The van der Waals surface area contributed by atoms with Gasteiger partial charge in [0.05, 0.1) is 10.9 Å². The molecule has 7 nitrogen and oxygen atoms in total. The summed E-state index contributed by atoms with van der Waals surface area (Å²) in [6, 6.07) is 11.9. The summed E-state index contributed by atoms with van der Waals surface area (Å²) in [5.74, 6) is 0.376. The van der Waals surface area contributed by atoms with Crippen molar-refractivity contribution in [3.8, 4) is 0 Å². The van der Waals surface area contributed by atoms with Gasteiger partial charge in [0, 0.05) is 36.3 Å². The second kappa shape index (κ2) is 7.26.